The summed E-state index contributed by atoms with van der Waals surface area (Å²) in [5.74, 6) is 1.04. The average molecular weight is 406 g/mol. The van der Waals surface area contributed by atoms with Gasteiger partial charge in [-0.05, 0) is 63.2 Å². The Morgan fingerprint density at radius 3 is 2.80 bits per heavy atom. The second-order valence-corrected chi connectivity index (χ2v) is 6.70. The molecule has 1 aliphatic rings. The standard InChI is InChI=1S/C14H18Br2N2O2/c1-20-13-6-12(10(15)5-11(13)16)18-14(19)9-4-2-3-8(9)7-17/h5-6,8-9H,2-4,7,17H2,1H3,(H,18,19). The van der Waals surface area contributed by atoms with Gasteiger partial charge in [-0.15, -0.1) is 0 Å². The van der Waals surface area contributed by atoms with Crippen LogP contribution in [0, 0.1) is 11.8 Å². The Kier molecular flexibility index (Phi) is 5.46. The van der Waals surface area contributed by atoms with Crippen molar-refractivity contribution in [2.45, 2.75) is 19.3 Å². The minimum absolute atomic E-state index is 0.0153. The molecule has 0 bridgehead atoms. The van der Waals surface area contributed by atoms with Gasteiger partial charge in [-0.1, -0.05) is 6.42 Å². The number of hydrogen-bond donors (Lipinski definition) is 2. The first-order valence-electron chi connectivity index (χ1n) is 6.60. The van der Waals surface area contributed by atoms with Crippen LogP contribution in [-0.2, 0) is 4.79 Å². The number of halogens is 2. The first-order valence-corrected chi connectivity index (χ1v) is 8.19. The maximum Gasteiger partial charge on any atom is 0.227 e. The number of carbonyl (C=O) groups excluding carboxylic acids is 1. The molecule has 0 spiro atoms. The number of hydrogen-bond acceptors (Lipinski definition) is 3. The zero-order valence-electron chi connectivity index (χ0n) is 11.3. The van der Waals surface area contributed by atoms with Crippen molar-refractivity contribution in [2.75, 3.05) is 19.0 Å². The maximum atomic E-state index is 12.4. The van der Waals surface area contributed by atoms with Gasteiger partial charge < -0.3 is 15.8 Å². The molecule has 1 fully saturated rings. The third-order valence-corrected chi connectivity index (χ3v) is 5.07. The molecule has 1 aliphatic carbocycles. The Hall–Kier alpha value is -0.590. The zero-order chi connectivity index (χ0) is 14.7. The molecule has 0 aromatic heterocycles. The molecule has 1 aromatic rings. The third-order valence-electron chi connectivity index (χ3n) is 3.80. The zero-order valence-corrected chi connectivity index (χ0v) is 14.5. The molecule has 6 heteroatoms. The highest BCUT2D eigenvalue weighted by atomic mass is 79.9. The van der Waals surface area contributed by atoms with Gasteiger partial charge in [0.05, 0.1) is 17.3 Å². The molecule has 0 saturated heterocycles. The Morgan fingerprint density at radius 1 is 1.40 bits per heavy atom. The summed E-state index contributed by atoms with van der Waals surface area (Å²) >= 11 is 6.87. The van der Waals surface area contributed by atoms with Crippen molar-refractivity contribution in [1.82, 2.24) is 0 Å². The maximum absolute atomic E-state index is 12.4. The summed E-state index contributed by atoms with van der Waals surface area (Å²) in [6.45, 7) is 0.572. The molecule has 2 rings (SSSR count). The van der Waals surface area contributed by atoms with Gasteiger partial charge in [-0.25, -0.2) is 0 Å². The van der Waals surface area contributed by atoms with Gasteiger partial charge >= 0.3 is 0 Å². The van der Waals surface area contributed by atoms with Crippen molar-refractivity contribution < 1.29 is 9.53 Å². The highest BCUT2D eigenvalue weighted by Crippen LogP contribution is 2.36. The van der Waals surface area contributed by atoms with Crippen LogP contribution in [0.25, 0.3) is 0 Å². The van der Waals surface area contributed by atoms with Crippen LogP contribution in [0.1, 0.15) is 19.3 Å². The number of ether oxygens (including phenoxy) is 1. The molecular formula is C14H18Br2N2O2. The topological polar surface area (TPSA) is 64.3 Å². The number of carbonyl (C=O) groups is 1. The molecule has 0 aliphatic heterocycles. The Bertz CT molecular complexity index is 508. The average Bonchev–Trinajstić information content (AvgIpc) is 2.90. The number of benzene rings is 1. The molecule has 3 N–H and O–H groups in total. The van der Waals surface area contributed by atoms with Crippen LogP contribution in [0.15, 0.2) is 21.1 Å². The monoisotopic (exact) mass is 404 g/mol. The van der Waals surface area contributed by atoms with E-state index >= 15 is 0 Å². The number of anilines is 1. The van der Waals surface area contributed by atoms with Crippen molar-refractivity contribution in [3.05, 3.63) is 21.1 Å². The van der Waals surface area contributed by atoms with E-state index in [1.807, 2.05) is 6.07 Å². The normalized spacial score (nSPS) is 21.8. The smallest absolute Gasteiger partial charge is 0.227 e. The van der Waals surface area contributed by atoms with E-state index < -0.39 is 0 Å². The van der Waals surface area contributed by atoms with Gasteiger partial charge in [0.2, 0.25) is 5.91 Å². The van der Waals surface area contributed by atoms with E-state index in [0.29, 0.717) is 18.2 Å². The fourth-order valence-electron chi connectivity index (χ4n) is 2.67. The molecule has 4 nitrogen and oxygen atoms in total. The van der Waals surface area contributed by atoms with Gasteiger partial charge in [-0.3, -0.25) is 4.79 Å². The van der Waals surface area contributed by atoms with Crippen LogP contribution in [0.2, 0.25) is 0 Å². The largest absolute Gasteiger partial charge is 0.495 e. The van der Waals surface area contributed by atoms with E-state index in [-0.39, 0.29) is 11.8 Å². The second-order valence-electron chi connectivity index (χ2n) is 4.99. The van der Waals surface area contributed by atoms with Crippen LogP contribution >= 0.6 is 31.9 Å². The van der Waals surface area contributed by atoms with Gasteiger partial charge in [0.25, 0.3) is 0 Å². The SMILES string of the molecule is COc1cc(NC(=O)C2CCCC2CN)c(Br)cc1Br. The minimum atomic E-state index is 0.0153. The van der Waals surface area contributed by atoms with Crippen LogP contribution in [-0.4, -0.2) is 19.6 Å². The van der Waals surface area contributed by atoms with E-state index in [4.69, 9.17) is 10.5 Å². The highest BCUT2D eigenvalue weighted by molar-refractivity contribution is 9.11. The van der Waals surface area contributed by atoms with Gasteiger partial charge in [0.1, 0.15) is 5.75 Å². The molecule has 20 heavy (non-hydrogen) atoms. The molecule has 0 heterocycles. The Balaban J connectivity index is 2.15. The van der Waals surface area contributed by atoms with Crippen LogP contribution in [0.3, 0.4) is 0 Å². The summed E-state index contributed by atoms with van der Waals surface area (Å²) in [4.78, 5) is 12.4. The number of nitrogens with two attached hydrogens (primary N) is 1. The van der Waals surface area contributed by atoms with Crippen molar-refractivity contribution >= 4 is 43.5 Å². The van der Waals surface area contributed by atoms with E-state index in [9.17, 15) is 4.79 Å². The lowest BCUT2D eigenvalue weighted by atomic mass is 9.95. The molecule has 0 radical (unpaired) electrons. The lowest BCUT2D eigenvalue weighted by molar-refractivity contribution is -0.120. The van der Waals surface area contributed by atoms with Gasteiger partial charge in [-0.2, -0.15) is 0 Å². The van der Waals surface area contributed by atoms with Crippen molar-refractivity contribution in [1.29, 1.82) is 0 Å². The summed E-state index contributed by atoms with van der Waals surface area (Å²) in [7, 11) is 1.60. The van der Waals surface area contributed by atoms with Crippen molar-refractivity contribution in [2.24, 2.45) is 17.6 Å². The van der Waals surface area contributed by atoms with Crippen LogP contribution in [0.5, 0.6) is 5.75 Å². The van der Waals surface area contributed by atoms with Crippen LogP contribution in [0.4, 0.5) is 5.69 Å². The fourth-order valence-corrected chi connectivity index (χ4v) is 3.93. The van der Waals surface area contributed by atoms with Crippen molar-refractivity contribution in [3.63, 3.8) is 0 Å². The quantitative estimate of drug-likeness (QED) is 0.805. The second kappa shape index (κ2) is 6.91. The van der Waals surface area contributed by atoms with E-state index in [1.165, 1.54) is 0 Å². The molecule has 1 saturated carbocycles. The molecular weight excluding hydrogens is 388 g/mol. The summed E-state index contributed by atoms with van der Waals surface area (Å²) in [5, 5.41) is 2.98. The first-order chi connectivity index (χ1) is 9.56. The lowest BCUT2D eigenvalue weighted by Crippen LogP contribution is -2.29. The third kappa shape index (κ3) is 3.35. The number of amides is 1. The highest BCUT2D eigenvalue weighted by Gasteiger charge is 2.32. The number of rotatable bonds is 4. The molecule has 2 unspecified atom stereocenters. The Morgan fingerprint density at radius 2 is 2.15 bits per heavy atom. The van der Waals surface area contributed by atoms with Gasteiger partial charge in [0.15, 0.2) is 0 Å². The minimum Gasteiger partial charge on any atom is -0.495 e. The van der Waals surface area contributed by atoms with E-state index in [0.717, 1.165) is 33.9 Å². The predicted octanol–water partition coefficient (Wildman–Crippen LogP) is 3.53. The summed E-state index contributed by atoms with van der Waals surface area (Å²) in [6, 6.07) is 3.67. The molecule has 2 atom stereocenters. The van der Waals surface area contributed by atoms with Crippen molar-refractivity contribution in [3.8, 4) is 5.75 Å². The molecule has 1 amide bonds. The summed E-state index contributed by atoms with van der Waals surface area (Å²) in [6.07, 6.45) is 3.03. The lowest BCUT2D eigenvalue weighted by Gasteiger charge is -2.18. The fraction of sp³-hybridized carbons (Fsp3) is 0.500. The van der Waals surface area contributed by atoms with E-state index in [1.54, 1.807) is 13.2 Å². The summed E-state index contributed by atoms with van der Waals surface area (Å²) < 4.78 is 6.91. The van der Waals surface area contributed by atoms with E-state index in [2.05, 4.69) is 37.2 Å². The Labute approximate surface area is 135 Å². The predicted molar refractivity (Wildman–Crippen MR) is 86.9 cm³/mol. The first kappa shape index (κ1) is 15.8. The van der Waals surface area contributed by atoms with Gasteiger partial charge in [0, 0.05) is 16.5 Å². The number of nitrogens with one attached hydrogen (secondary N) is 1. The molecule has 1 aromatic carbocycles. The summed E-state index contributed by atoms with van der Waals surface area (Å²) in [5.41, 5.74) is 6.46. The number of methoxy groups -OCH3 is 1. The molecule has 110 valence electrons. The van der Waals surface area contributed by atoms with Crippen LogP contribution < -0.4 is 15.8 Å².